The summed E-state index contributed by atoms with van der Waals surface area (Å²) in [4.78, 5) is 4.37. The maximum atomic E-state index is 12.7. The molecule has 0 fully saturated rings. The Morgan fingerprint density at radius 2 is 1.93 bits per heavy atom. The highest BCUT2D eigenvalue weighted by Gasteiger charge is 2.17. The maximum absolute atomic E-state index is 12.7. The Morgan fingerprint density at radius 1 is 1.11 bits per heavy atom. The van der Waals surface area contributed by atoms with Crippen LogP contribution in [0.3, 0.4) is 0 Å². The summed E-state index contributed by atoms with van der Waals surface area (Å²) in [6.45, 7) is 0.407. The van der Waals surface area contributed by atoms with E-state index in [1.165, 1.54) is 12.1 Å². The predicted molar refractivity (Wildman–Crippen MR) is 104 cm³/mol. The summed E-state index contributed by atoms with van der Waals surface area (Å²) in [7, 11) is -2.23. The molecular formula is C19H17N3O5S. The Labute approximate surface area is 161 Å². The maximum Gasteiger partial charge on any atom is 0.296 e. The molecule has 0 radical (unpaired) electrons. The fourth-order valence-electron chi connectivity index (χ4n) is 2.60. The quantitative estimate of drug-likeness (QED) is 0.486. The number of rotatable bonds is 7. The van der Waals surface area contributed by atoms with Gasteiger partial charge in [0.2, 0.25) is 0 Å². The van der Waals surface area contributed by atoms with E-state index in [0.717, 1.165) is 5.76 Å². The van der Waals surface area contributed by atoms with Crippen LogP contribution in [0.5, 0.6) is 5.75 Å². The van der Waals surface area contributed by atoms with Gasteiger partial charge in [-0.2, -0.15) is 4.98 Å². The third-order valence-corrected chi connectivity index (χ3v) is 5.38. The van der Waals surface area contributed by atoms with Crippen molar-refractivity contribution >= 4 is 32.8 Å². The van der Waals surface area contributed by atoms with Crippen molar-refractivity contribution in [3.05, 3.63) is 66.6 Å². The van der Waals surface area contributed by atoms with Gasteiger partial charge in [-0.1, -0.05) is 0 Å². The number of fused-ring (bicyclic) bond motifs is 1. The van der Waals surface area contributed by atoms with Gasteiger partial charge in [-0.15, -0.1) is 0 Å². The molecule has 144 valence electrons. The molecule has 0 aliphatic heterocycles. The van der Waals surface area contributed by atoms with Gasteiger partial charge in [0.1, 0.15) is 17.0 Å². The molecule has 2 aromatic carbocycles. The minimum absolute atomic E-state index is 0.0849. The summed E-state index contributed by atoms with van der Waals surface area (Å²) in [5.74, 6) is 1.37. The Morgan fingerprint density at radius 3 is 2.64 bits per heavy atom. The van der Waals surface area contributed by atoms with Gasteiger partial charge in [0, 0.05) is 5.69 Å². The molecule has 0 bridgehead atoms. The van der Waals surface area contributed by atoms with Gasteiger partial charge < -0.3 is 18.9 Å². The first-order valence-electron chi connectivity index (χ1n) is 8.37. The summed E-state index contributed by atoms with van der Waals surface area (Å²) in [5, 5.41) is 3.00. The molecule has 4 rings (SSSR count). The summed E-state index contributed by atoms with van der Waals surface area (Å²) in [5.41, 5.74) is 1.34. The number of aromatic nitrogens is 1. The average Bonchev–Trinajstić information content (AvgIpc) is 3.35. The second-order valence-electron chi connectivity index (χ2n) is 5.92. The molecule has 0 spiro atoms. The van der Waals surface area contributed by atoms with E-state index in [1.54, 1.807) is 49.8 Å². The minimum atomic E-state index is -3.77. The van der Waals surface area contributed by atoms with Crippen molar-refractivity contribution in [2.45, 2.75) is 11.4 Å². The second kappa shape index (κ2) is 7.28. The number of oxazole rings is 1. The SMILES string of the molecule is COc1ccc(NS(=O)(=O)c2ccc3oc(NCc4ccco4)nc3c2)cc1. The summed E-state index contributed by atoms with van der Waals surface area (Å²) in [6, 6.07) is 15.0. The van der Waals surface area contributed by atoms with Crippen LogP contribution >= 0.6 is 0 Å². The number of furan rings is 1. The number of hydrogen-bond donors (Lipinski definition) is 2. The lowest BCUT2D eigenvalue weighted by molar-refractivity contribution is 0.415. The smallest absolute Gasteiger partial charge is 0.296 e. The lowest BCUT2D eigenvalue weighted by Crippen LogP contribution is -2.12. The number of benzene rings is 2. The number of ether oxygens (including phenoxy) is 1. The zero-order valence-electron chi connectivity index (χ0n) is 14.9. The molecule has 28 heavy (non-hydrogen) atoms. The van der Waals surface area contributed by atoms with Crippen molar-refractivity contribution in [2.24, 2.45) is 0 Å². The van der Waals surface area contributed by atoms with E-state index in [9.17, 15) is 8.42 Å². The molecule has 0 amide bonds. The molecule has 0 atom stereocenters. The zero-order chi connectivity index (χ0) is 19.6. The number of anilines is 2. The third-order valence-electron chi connectivity index (χ3n) is 4.01. The van der Waals surface area contributed by atoms with Gasteiger partial charge in [0.15, 0.2) is 5.58 Å². The van der Waals surface area contributed by atoms with Crippen LogP contribution in [0.4, 0.5) is 11.7 Å². The third kappa shape index (κ3) is 3.79. The van der Waals surface area contributed by atoms with Crippen LogP contribution in [0.2, 0.25) is 0 Å². The molecule has 2 N–H and O–H groups in total. The van der Waals surface area contributed by atoms with Crippen molar-refractivity contribution in [2.75, 3.05) is 17.1 Å². The van der Waals surface area contributed by atoms with E-state index in [0.29, 0.717) is 29.1 Å². The van der Waals surface area contributed by atoms with Crippen molar-refractivity contribution in [1.29, 1.82) is 0 Å². The molecule has 0 aliphatic rings. The van der Waals surface area contributed by atoms with E-state index >= 15 is 0 Å². The van der Waals surface area contributed by atoms with E-state index in [4.69, 9.17) is 13.6 Å². The highest BCUT2D eigenvalue weighted by Crippen LogP contribution is 2.24. The first kappa shape index (κ1) is 17.9. The summed E-state index contributed by atoms with van der Waals surface area (Å²) < 4.78 is 43.7. The van der Waals surface area contributed by atoms with E-state index in [2.05, 4.69) is 15.0 Å². The molecule has 0 unspecified atom stereocenters. The molecule has 0 aliphatic carbocycles. The Bertz CT molecular complexity index is 1180. The number of methoxy groups -OCH3 is 1. The first-order chi connectivity index (χ1) is 13.5. The lowest BCUT2D eigenvalue weighted by atomic mass is 10.3. The average molecular weight is 399 g/mol. The predicted octanol–water partition coefficient (Wildman–Crippen LogP) is 3.84. The van der Waals surface area contributed by atoms with Crippen LogP contribution in [-0.4, -0.2) is 20.5 Å². The van der Waals surface area contributed by atoms with Crippen molar-refractivity contribution in [3.8, 4) is 5.75 Å². The first-order valence-corrected chi connectivity index (χ1v) is 9.85. The van der Waals surface area contributed by atoms with Gasteiger partial charge in [0.05, 0.1) is 24.8 Å². The standard InChI is InChI=1S/C19H17N3O5S/c1-25-14-6-4-13(5-7-14)22-28(23,24)16-8-9-18-17(11-16)21-19(27-18)20-12-15-3-2-10-26-15/h2-11,22H,12H2,1H3,(H,20,21). The van der Waals surface area contributed by atoms with Crippen LogP contribution in [0.25, 0.3) is 11.1 Å². The van der Waals surface area contributed by atoms with Gasteiger partial charge in [-0.05, 0) is 54.6 Å². The van der Waals surface area contributed by atoms with E-state index in [-0.39, 0.29) is 10.9 Å². The van der Waals surface area contributed by atoms with Crippen LogP contribution in [-0.2, 0) is 16.6 Å². The lowest BCUT2D eigenvalue weighted by Gasteiger charge is -2.08. The van der Waals surface area contributed by atoms with Gasteiger partial charge >= 0.3 is 0 Å². The molecule has 8 nitrogen and oxygen atoms in total. The Hall–Kier alpha value is -3.46. The zero-order valence-corrected chi connectivity index (χ0v) is 15.7. The van der Waals surface area contributed by atoms with Crippen molar-refractivity contribution in [3.63, 3.8) is 0 Å². The number of nitrogens with one attached hydrogen (secondary N) is 2. The van der Waals surface area contributed by atoms with E-state index < -0.39 is 10.0 Å². The molecule has 2 heterocycles. The number of sulfonamides is 1. The van der Waals surface area contributed by atoms with Gasteiger partial charge in [-0.3, -0.25) is 4.72 Å². The number of hydrogen-bond acceptors (Lipinski definition) is 7. The normalized spacial score (nSPS) is 11.5. The van der Waals surface area contributed by atoms with Crippen LogP contribution in [0.1, 0.15) is 5.76 Å². The highest BCUT2D eigenvalue weighted by atomic mass is 32.2. The Kier molecular flexibility index (Phi) is 4.66. The Balaban J connectivity index is 1.53. The fraction of sp³-hybridized carbons (Fsp3) is 0.105. The van der Waals surface area contributed by atoms with Crippen LogP contribution < -0.4 is 14.8 Å². The van der Waals surface area contributed by atoms with E-state index in [1.807, 2.05) is 6.07 Å². The molecule has 9 heteroatoms. The summed E-state index contributed by atoms with van der Waals surface area (Å²) in [6.07, 6.45) is 1.58. The number of nitrogens with zero attached hydrogens (tertiary/aromatic N) is 1. The fourth-order valence-corrected chi connectivity index (χ4v) is 3.68. The molecule has 2 aromatic heterocycles. The van der Waals surface area contributed by atoms with Crippen LogP contribution in [0, 0.1) is 0 Å². The minimum Gasteiger partial charge on any atom is -0.497 e. The molecule has 0 saturated heterocycles. The largest absolute Gasteiger partial charge is 0.497 e. The van der Waals surface area contributed by atoms with Crippen molar-refractivity contribution in [1.82, 2.24) is 4.98 Å². The topological polar surface area (TPSA) is 107 Å². The second-order valence-corrected chi connectivity index (χ2v) is 7.60. The summed E-state index contributed by atoms with van der Waals surface area (Å²) >= 11 is 0. The highest BCUT2D eigenvalue weighted by molar-refractivity contribution is 7.92. The van der Waals surface area contributed by atoms with Gasteiger partial charge in [-0.25, -0.2) is 8.42 Å². The van der Waals surface area contributed by atoms with Crippen molar-refractivity contribution < 1.29 is 22.0 Å². The molecular weight excluding hydrogens is 382 g/mol. The monoisotopic (exact) mass is 399 g/mol. The molecule has 4 aromatic rings. The van der Waals surface area contributed by atoms with Crippen LogP contribution in [0.15, 0.2) is 74.6 Å². The van der Waals surface area contributed by atoms with Gasteiger partial charge in [0.25, 0.3) is 16.0 Å². The molecule has 0 saturated carbocycles.